The van der Waals surface area contributed by atoms with Gasteiger partial charge in [0.1, 0.15) is 0 Å². The van der Waals surface area contributed by atoms with Crippen LogP contribution in [0, 0.1) is 5.92 Å². The van der Waals surface area contributed by atoms with Crippen molar-refractivity contribution in [1.29, 1.82) is 0 Å². The van der Waals surface area contributed by atoms with Crippen LogP contribution in [0.1, 0.15) is 30.0 Å². The van der Waals surface area contributed by atoms with Gasteiger partial charge in [0.05, 0.1) is 0 Å². The van der Waals surface area contributed by atoms with E-state index in [1.54, 1.807) is 0 Å². The Hall–Kier alpha value is -0.890. The lowest BCUT2D eigenvalue weighted by molar-refractivity contribution is 0.307. The van der Waals surface area contributed by atoms with Crippen LogP contribution in [0.2, 0.25) is 0 Å². The van der Waals surface area contributed by atoms with E-state index in [0.717, 1.165) is 5.92 Å². The van der Waals surface area contributed by atoms with Crippen LogP contribution in [-0.2, 0) is 6.42 Å². The molecule has 0 amide bonds. The van der Waals surface area contributed by atoms with Crippen LogP contribution in [-0.4, -0.2) is 11.5 Å². The van der Waals surface area contributed by atoms with Crippen molar-refractivity contribution in [2.75, 3.05) is 6.54 Å². The number of piperidine rings is 1. The Balaban J connectivity index is 2.01. The molecule has 0 spiro atoms. The molecule has 13 heavy (non-hydrogen) atoms. The number of nitrogens with zero attached hydrogens (tertiary/aromatic N) is 1. The van der Waals surface area contributed by atoms with Gasteiger partial charge in [-0.3, -0.25) is 4.98 Å². The predicted octanol–water partition coefficient (Wildman–Crippen LogP) is 1.68. The summed E-state index contributed by atoms with van der Waals surface area (Å²) < 4.78 is 0. The SMILES string of the molecule is c1cc2c(cn1)CC1CCCNC21. The van der Waals surface area contributed by atoms with Crippen molar-refractivity contribution in [3.63, 3.8) is 0 Å². The van der Waals surface area contributed by atoms with Crippen LogP contribution in [0.25, 0.3) is 0 Å². The van der Waals surface area contributed by atoms with Crippen molar-refractivity contribution in [3.8, 4) is 0 Å². The molecular formula is C11H14N2. The lowest BCUT2D eigenvalue weighted by atomic mass is 9.92. The third-order valence-electron chi connectivity index (χ3n) is 3.35. The second kappa shape index (κ2) is 2.81. The first-order valence-corrected chi connectivity index (χ1v) is 5.11. The molecule has 1 N–H and O–H groups in total. The summed E-state index contributed by atoms with van der Waals surface area (Å²) in [7, 11) is 0. The number of fused-ring (bicyclic) bond motifs is 3. The Morgan fingerprint density at radius 2 is 2.46 bits per heavy atom. The highest BCUT2D eigenvalue weighted by molar-refractivity contribution is 5.33. The van der Waals surface area contributed by atoms with Gasteiger partial charge >= 0.3 is 0 Å². The van der Waals surface area contributed by atoms with Gasteiger partial charge in [-0.1, -0.05) is 0 Å². The molecule has 1 aliphatic carbocycles. The van der Waals surface area contributed by atoms with Gasteiger partial charge in [-0.05, 0) is 48.9 Å². The normalized spacial score (nSPS) is 31.1. The van der Waals surface area contributed by atoms with Gasteiger partial charge in [-0.2, -0.15) is 0 Å². The average Bonchev–Trinajstić information content (AvgIpc) is 2.56. The van der Waals surface area contributed by atoms with Gasteiger partial charge in [0.15, 0.2) is 0 Å². The number of aromatic nitrogens is 1. The largest absolute Gasteiger partial charge is 0.310 e. The van der Waals surface area contributed by atoms with E-state index in [1.807, 2.05) is 12.4 Å². The van der Waals surface area contributed by atoms with Crippen molar-refractivity contribution in [3.05, 3.63) is 29.6 Å². The van der Waals surface area contributed by atoms with Crippen LogP contribution in [0.5, 0.6) is 0 Å². The number of pyridine rings is 1. The van der Waals surface area contributed by atoms with Gasteiger partial charge in [0, 0.05) is 18.4 Å². The Bertz CT molecular complexity index is 322. The topological polar surface area (TPSA) is 24.9 Å². The second-order valence-corrected chi connectivity index (χ2v) is 4.11. The fourth-order valence-electron chi connectivity index (χ4n) is 2.73. The van der Waals surface area contributed by atoms with Crippen molar-refractivity contribution in [2.45, 2.75) is 25.3 Å². The molecule has 1 aromatic heterocycles. The molecule has 2 heteroatoms. The highest BCUT2D eigenvalue weighted by Gasteiger charge is 2.33. The molecule has 0 radical (unpaired) electrons. The number of nitrogens with one attached hydrogen (secondary N) is 1. The van der Waals surface area contributed by atoms with Gasteiger partial charge in [-0.25, -0.2) is 0 Å². The lowest BCUT2D eigenvalue weighted by Crippen LogP contribution is -2.31. The molecule has 2 nitrogen and oxygen atoms in total. The first-order chi connectivity index (χ1) is 6.45. The fourth-order valence-corrected chi connectivity index (χ4v) is 2.73. The molecule has 68 valence electrons. The summed E-state index contributed by atoms with van der Waals surface area (Å²) in [5.41, 5.74) is 2.96. The van der Waals surface area contributed by atoms with Crippen LogP contribution in [0.15, 0.2) is 18.5 Å². The lowest BCUT2D eigenvalue weighted by Gasteiger charge is -2.26. The molecule has 0 saturated carbocycles. The van der Waals surface area contributed by atoms with E-state index in [9.17, 15) is 0 Å². The molecule has 2 aliphatic rings. The molecule has 1 aromatic rings. The van der Waals surface area contributed by atoms with Crippen LogP contribution >= 0.6 is 0 Å². The monoisotopic (exact) mass is 174 g/mol. The summed E-state index contributed by atoms with van der Waals surface area (Å²) in [6.07, 6.45) is 7.91. The van der Waals surface area contributed by atoms with E-state index in [4.69, 9.17) is 0 Å². The number of hydrogen-bond donors (Lipinski definition) is 1. The first kappa shape index (κ1) is 7.51. The predicted molar refractivity (Wildman–Crippen MR) is 51.4 cm³/mol. The van der Waals surface area contributed by atoms with E-state index in [2.05, 4.69) is 16.4 Å². The molecule has 2 unspecified atom stereocenters. The molecule has 0 bridgehead atoms. The number of rotatable bonds is 0. The highest BCUT2D eigenvalue weighted by Crippen LogP contribution is 2.39. The Kier molecular flexibility index (Phi) is 1.62. The summed E-state index contributed by atoms with van der Waals surface area (Å²) in [5.74, 6) is 0.841. The van der Waals surface area contributed by atoms with Crippen molar-refractivity contribution in [2.24, 2.45) is 5.92 Å². The van der Waals surface area contributed by atoms with Gasteiger partial charge in [0.25, 0.3) is 0 Å². The maximum Gasteiger partial charge on any atom is 0.0355 e. The zero-order valence-electron chi connectivity index (χ0n) is 7.66. The summed E-state index contributed by atoms with van der Waals surface area (Å²) in [6, 6.07) is 2.81. The van der Waals surface area contributed by atoms with Crippen LogP contribution in [0.4, 0.5) is 0 Å². The van der Waals surface area contributed by atoms with Crippen molar-refractivity contribution in [1.82, 2.24) is 10.3 Å². The molecule has 2 atom stereocenters. The van der Waals surface area contributed by atoms with E-state index < -0.39 is 0 Å². The number of hydrogen-bond acceptors (Lipinski definition) is 2. The summed E-state index contributed by atoms with van der Waals surface area (Å²) in [4.78, 5) is 4.19. The summed E-state index contributed by atoms with van der Waals surface area (Å²) in [6.45, 7) is 1.18. The molecule has 1 saturated heterocycles. The quantitative estimate of drug-likeness (QED) is 0.647. The molecule has 1 aliphatic heterocycles. The van der Waals surface area contributed by atoms with Gasteiger partial charge in [0.2, 0.25) is 0 Å². The minimum Gasteiger partial charge on any atom is -0.310 e. The molecular weight excluding hydrogens is 160 g/mol. The minimum atomic E-state index is 0.631. The fraction of sp³-hybridized carbons (Fsp3) is 0.545. The molecule has 1 fully saturated rings. The Labute approximate surface area is 78.4 Å². The third kappa shape index (κ3) is 1.09. The highest BCUT2D eigenvalue weighted by atomic mass is 14.9. The maximum atomic E-state index is 4.19. The smallest absolute Gasteiger partial charge is 0.0355 e. The second-order valence-electron chi connectivity index (χ2n) is 4.11. The van der Waals surface area contributed by atoms with Crippen molar-refractivity contribution < 1.29 is 0 Å². The maximum absolute atomic E-state index is 4.19. The first-order valence-electron chi connectivity index (χ1n) is 5.11. The summed E-state index contributed by atoms with van der Waals surface area (Å²) in [5, 5.41) is 3.61. The average molecular weight is 174 g/mol. The van der Waals surface area contributed by atoms with Gasteiger partial charge < -0.3 is 5.32 Å². The standard InChI is InChI=1S/C11H14N2/c1-2-8-6-9-7-12-5-3-10(9)11(8)13-4-1/h3,5,7-8,11,13H,1-2,4,6H2. The van der Waals surface area contributed by atoms with E-state index in [-0.39, 0.29) is 0 Å². The third-order valence-corrected chi connectivity index (χ3v) is 3.35. The zero-order valence-corrected chi connectivity index (χ0v) is 7.66. The van der Waals surface area contributed by atoms with Crippen LogP contribution < -0.4 is 5.32 Å². The Morgan fingerprint density at radius 1 is 1.46 bits per heavy atom. The van der Waals surface area contributed by atoms with Crippen LogP contribution in [0.3, 0.4) is 0 Å². The van der Waals surface area contributed by atoms with E-state index >= 15 is 0 Å². The Morgan fingerprint density at radius 3 is 3.46 bits per heavy atom. The van der Waals surface area contributed by atoms with E-state index in [0.29, 0.717) is 6.04 Å². The minimum absolute atomic E-state index is 0.631. The molecule has 0 aromatic carbocycles. The van der Waals surface area contributed by atoms with Gasteiger partial charge in [-0.15, -0.1) is 0 Å². The molecule has 2 heterocycles. The van der Waals surface area contributed by atoms with E-state index in [1.165, 1.54) is 36.9 Å². The molecule has 3 rings (SSSR count). The summed E-state index contributed by atoms with van der Waals surface area (Å²) >= 11 is 0. The van der Waals surface area contributed by atoms with Crippen molar-refractivity contribution >= 4 is 0 Å². The zero-order chi connectivity index (χ0) is 8.67.